The van der Waals surface area contributed by atoms with Crippen LogP contribution in [0.3, 0.4) is 0 Å². The summed E-state index contributed by atoms with van der Waals surface area (Å²) in [4.78, 5) is 34.4. The third-order valence-electron chi connectivity index (χ3n) is 3.37. The van der Waals surface area contributed by atoms with Crippen LogP contribution in [0.15, 0.2) is 42.5 Å². The molecule has 5 heteroatoms. The van der Waals surface area contributed by atoms with Gasteiger partial charge in [-0.3, -0.25) is 19.7 Å². The van der Waals surface area contributed by atoms with Gasteiger partial charge in [0.05, 0.1) is 11.1 Å². The van der Waals surface area contributed by atoms with Crippen molar-refractivity contribution >= 4 is 28.7 Å². The van der Waals surface area contributed by atoms with E-state index in [1.165, 1.54) is 0 Å². The summed E-state index contributed by atoms with van der Waals surface area (Å²) in [6.07, 6.45) is 0.160. The zero-order valence-electron chi connectivity index (χ0n) is 10.9. The third kappa shape index (κ3) is 2.45. The molecule has 0 aliphatic carbocycles. The molecule has 0 atom stereocenters. The summed E-state index contributed by atoms with van der Waals surface area (Å²) in [5.41, 5.74) is 3.08. The van der Waals surface area contributed by atoms with Gasteiger partial charge in [0.1, 0.15) is 0 Å². The summed E-state index contributed by atoms with van der Waals surface area (Å²) in [7, 11) is 0. The van der Waals surface area contributed by atoms with Crippen LogP contribution in [-0.4, -0.2) is 17.1 Å². The molecular formula is C16H10ClNO3. The van der Waals surface area contributed by atoms with E-state index in [4.69, 9.17) is 11.6 Å². The second kappa shape index (κ2) is 5.14. The third-order valence-corrected chi connectivity index (χ3v) is 3.50. The van der Waals surface area contributed by atoms with Crippen molar-refractivity contribution in [3.63, 3.8) is 0 Å². The van der Waals surface area contributed by atoms with Crippen molar-refractivity contribution in [2.45, 2.75) is 6.42 Å². The van der Waals surface area contributed by atoms with Gasteiger partial charge in [0.25, 0.3) is 11.8 Å². The van der Waals surface area contributed by atoms with Crippen LogP contribution < -0.4 is 5.32 Å². The molecule has 4 nitrogen and oxygen atoms in total. The average Bonchev–Trinajstić information content (AvgIpc) is 2.75. The number of nitrogens with one attached hydrogen (secondary N) is 1. The SMILES string of the molecule is O=C(Cl)Cc1ccc(-c2cccc3c2C(=O)NC3=O)cc1. The molecule has 3 rings (SSSR count). The van der Waals surface area contributed by atoms with Crippen molar-refractivity contribution < 1.29 is 14.4 Å². The van der Waals surface area contributed by atoms with E-state index in [9.17, 15) is 14.4 Å². The van der Waals surface area contributed by atoms with Gasteiger partial charge >= 0.3 is 0 Å². The van der Waals surface area contributed by atoms with E-state index < -0.39 is 5.24 Å². The van der Waals surface area contributed by atoms with E-state index in [0.29, 0.717) is 16.7 Å². The molecule has 1 N–H and O–H groups in total. The minimum absolute atomic E-state index is 0.160. The maximum absolute atomic E-state index is 11.9. The van der Waals surface area contributed by atoms with E-state index in [1.807, 2.05) is 0 Å². The van der Waals surface area contributed by atoms with Crippen LogP contribution in [0.1, 0.15) is 26.3 Å². The fourth-order valence-corrected chi connectivity index (χ4v) is 2.58. The monoisotopic (exact) mass is 299 g/mol. The highest BCUT2D eigenvalue weighted by Gasteiger charge is 2.29. The van der Waals surface area contributed by atoms with E-state index in [2.05, 4.69) is 5.32 Å². The Kier molecular flexibility index (Phi) is 3.31. The number of hydrogen-bond acceptors (Lipinski definition) is 3. The van der Waals surface area contributed by atoms with Crippen molar-refractivity contribution in [3.8, 4) is 11.1 Å². The number of hydrogen-bond donors (Lipinski definition) is 1. The number of amides is 2. The number of carbonyl (C=O) groups is 3. The zero-order valence-corrected chi connectivity index (χ0v) is 11.6. The predicted octanol–water partition coefficient (Wildman–Crippen LogP) is 2.55. The maximum atomic E-state index is 11.9. The lowest BCUT2D eigenvalue weighted by Crippen LogP contribution is -2.20. The molecule has 0 fully saturated rings. The Hall–Kier alpha value is -2.46. The first-order valence-electron chi connectivity index (χ1n) is 6.32. The molecule has 2 aromatic rings. The molecule has 0 aromatic heterocycles. The highest BCUT2D eigenvalue weighted by Crippen LogP contribution is 2.29. The Balaban J connectivity index is 2.04. The van der Waals surface area contributed by atoms with Crippen molar-refractivity contribution in [2.75, 3.05) is 0 Å². The fraction of sp³-hybridized carbons (Fsp3) is 0.0625. The summed E-state index contributed by atoms with van der Waals surface area (Å²) < 4.78 is 0. The Labute approximate surface area is 125 Å². The number of halogens is 1. The van der Waals surface area contributed by atoms with Crippen LogP contribution in [0.25, 0.3) is 11.1 Å². The lowest BCUT2D eigenvalue weighted by atomic mass is 9.95. The van der Waals surface area contributed by atoms with Gasteiger partial charge in [-0.15, -0.1) is 0 Å². The molecule has 1 aliphatic heterocycles. The van der Waals surface area contributed by atoms with E-state index >= 15 is 0 Å². The van der Waals surface area contributed by atoms with Crippen LogP contribution in [0.4, 0.5) is 0 Å². The Morgan fingerprint density at radius 3 is 2.29 bits per heavy atom. The summed E-state index contributed by atoms with van der Waals surface area (Å²) in [6.45, 7) is 0. The first-order chi connectivity index (χ1) is 10.1. The van der Waals surface area contributed by atoms with Crippen molar-refractivity contribution in [1.29, 1.82) is 0 Å². The van der Waals surface area contributed by atoms with Gasteiger partial charge in [-0.05, 0) is 34.4 Å². The normalized spacial score (nSPS) is 13.0. The topological polar surface area (TPSA) is 63.2 Å². The van der Waals surface area contributed by atoms with E-state index in [-0.39, 0.29) is 18.2 Å². The second-order valence-electron chi connectivity index (χ2n) is 4.74. The molecule has 0 saturated heterocycles. The van der Waals surface area contributed by atoms with E-state index in [1.54, 1.807) is 42.5 Å². The number of benzene rings is 2. The molecule has 0 unspecified atom stereocenters. The van der Waals surface area contributed by atoms with Crippen LogP contribution in [0.5, 0.6) is 0 Å². The molecule has 21 heavy (non-hydrogen) atoms. The second-order valence-corrected chi connectivity index (χ2v) is 5.16. The molecule has 0 radical (unpaired) electrons. The fourth-order valence-electron chi connectivity index (χ4n) is 2.42. The molecule has 0 spiro atoms. The predicted molar refractivity (Wildman–Crippen MR) is 78.2 cm³/mol. The first kappa shape index (κ1) is 13.5. The van der Waals surface area contributed by atoms with Gasteiger partial charge in [-0.25, -0.2) is 0 Å². The van der Waals surface area contributed by atoms with Gasteiger partial charge in [-0.1, -0.05) is 36.4 Å². The highest BCUT2D eigenvalue weighted by molar-refractivity contribution is 6.63. The highest BCUT2D eigenvalue weighted by atomic mass is 35.5. The number of imide groups is 1. The lowest BCUT2D eigenvalue weighted by molar-refractivity contribution is -0.111. The minimum atomic E-state index is -0.423. The largest absolute Gasteiger partial charge is 0.288 e. The summed E-state index contributed by atoms with van der Waals surface area (Å²) in [5, 5.41) is 1.87. The Bertz CT molecular complexity index is 766. The van der Waals surface area contributed by atoms with Crippen LogP contribution in [0.2, 0.25) is 0 Å². The van der Waals surface area contributed by atoms with Crippen molar-refractivity contribution in [2.24, 2.45) is 0 Å². The maximum Gasteiger partial charge on any atom is 0.259 e. The summed E-state index contributed by atoms with van der Waals surface area (Å²) in [5.74, 6) is -0.758. The van der Waals surface area contributed by atoms with Gasteiger partial charge in [0.2, 0.25) is 5.24 Å². The number of carbonyl (C=O) groups excluding carboxylic acids is 3. The smallest absolute Gasteiger partial charge is 0.259 e. The molecule has 1 heterocycles. The summed E-state index contributed by atoms with van der Waals surface area (Å²) in [6, 6.07) is 12.3. The van der Waals surface area contributed by atoms with Gasteiger partial charge < -0.3 is 0 Å². The van der Waals surface area contributed by atoms with Crippen LogP contribution in [-0.2, 0) is 11.2 Å². The molecular weight excluding hydrogens is 290 g/mol. The van der Waals surface area contributed by atoms with Gasteiger partial charge in [0.15, 0.2) is 0 Å². The Morgan fingerprint density at radius 1 is 0.952 bits per heavy atom. The Morgan fingerprint density at radius 2 is 1.62 bits per heavy atom. The summed E-state index contributed by atoms with van der Waals surface area (Å²) >= 11 is 5.35. The number of fused-ring (bicyclic) bond motifs is 1. The molecule has 104 valence electrons. The van der Waals surface area contributed by atoms with Crippen LogP contribution >= 0.6 is 11.6 Å². The van der Waals surface area contributed by atoms with E-state index in [0.717, 1.165) is 11.1 Å². The molecule has 1 aliphatic rings. The minimum Gasteiger partial charge on any atom is -0.288 e. The molecule has 0 bridgehead atoms. The zero-order chi connectivity index (χ0) is 15.0. The van der Waals surface area contributed by atoms with Crippen molar-refractivity contribution in [1.82, 2.24) is 5.32 Å². The van der Waals surface area contributed by atoms with Gasteiger partial charge in [0, 0.05) is 6.42 Å². The first-order valence-corrected chi connectivity index (χ1v) is 6.70. The van der Waals surface area contributed by atoms with Crippen LogP contribution in [0, 0.1) is 0 Å². The van der Waals surface area contributed by atoms with Crippen molar-refractivity contribution in [3.05, 3.63) is 59.2 Å². The number of rotatable bonds is 3. The quantitative estimate of drug-likeness (QED) is 0.700. The molecule has 2 aromatic carbocycles. The van der Waals surface area contributed by atoms with Gasteiger partial charge in [-0.2, -0.15) is 0 Å². The lowest BCUT2D eigenvalue weighted by Gasteiger charge is -2.07. The molecule has 2 amide bonds. The molecule has 0 saturated carbocycles. The average molecular weight is 300 g/mol. The standard InChI is InChI=1S/C16H10ClNO3/c17-13(19)8-9-4-6-10(7-5-9)11-2-1-3-12-14(11)16(21)18-15(12)20/h1-7H,8H2,(H,18,20,21).